The van der Waals surface area contributed by atoms with Crippen LogP contribution in [-0.4, -0.2) is 28.0 Å². The van der Waals surface area contributed by atoms with Crippen molar-refractivity contribution in [2.45, 2.75) is 25.7 Å². The molecule has 3 aromatic rings. The molecule has 0 unspecified atom stereocenters. The number of carbonyl (C=O) groups is 1. The number of aryl methyl sites for hydroxylation is 3. The van der Waals surface area contributed by atoms with E-state index >= 15 is 0 Å². The first kappa shape index (κ1) is 22.4. The molecule has 0 aliphatic heterocycles. The molecule has 0 saturated heterocycles. The van der Waals surface area contributed by atoms with Crippen LogP contribution in [0.4, 0.5) is 11.4 Å². The van der Waals surface area contributed by atoms with Crippen LogP contribution in [0.3, 0.4) is 0 Å². The minimum atomic E-state index is -4.01. The summed E-state index contributed by atoms with van der Waals surface area (Å²) in [6.07, 6.45) is 0. The van der Waals surface area contributed by atoms with E-state index in [1.165, 1.54) is 19.2 Å². The molecule has 0 bridgehead atoms. The molecule has 3 aromatic carbocycles. The second kappa shape index (κ2) is 9.22. The molecule has 0 aromatic heterocycles. The largest absolute Gasteiger partial charge is 0.495 e. The van der Waals surface area contributed by atoms with Gasteiger partial charge in [-0.3, -0.25) is 9.10 Å². The van der Waals surface area contributed by atoms with Crippen molar-refractivity contribution in [2.75, 3.05) is 23.3 Å². The molecule has 1 amide bonds. The van der Waals surface area contributed by atoms with E-state index in [2.05, 4.69) is 5.32 Å². The number of anilines is 2. The number of benzene rings is 3. The quantitative estimate of drug-likeness (QED) is 0.591. The van der Waals surface area contributed by atoms with E-state index in [0.29, 0.717) is 17.1 Å². The highest BCUT2D eigenvalue weighted by molar-refractivity contribution is 7.92. The Balaban J connectivity index is 2.01. The fourth-order valence-electron chi connectivity index (χ4n) is 3.16. The third kappa shape index (κ3) is 5.06. The van der Waals surface area contributed by atoms with Gasteiger partial charge in [0.1, 0.15) is 12.3 Å². The molecule has 3 rings (SSSR count). The zero-order valence-electron chi connectivity index (χ0n) is 18.0. The van der Waals surface area contributed by atoms with Gasteiger partial charge >= 0.3 is 0 Å². The van der Waals surface area contributed by atoms with Crippen LogP contribution in [0.15, 0.2) is 71.6 Å². The molecular formula is C24H26N2O4S. The van der Waals surface area contributed by atoms with E-state index in [9.17, 15) is 13.2 Å². The third-order valence-electron chi connectivity index (χ3n) is 5.01. The molecule has 0 spiro atoms. The van der Waals surface area contributed by atoms with Gasteiger partial charge < -0.3 is 10.1 Å². The highest BCUT2D eigenvalue weighted by atomic mass is 32.2. The minimum absolute atomic E-state index is 0.0949. The van der Waals surface area contributed by atoms with Crippen LogP contribution in [-0.2, 0) is 14.8 Å². The summed E-state index contributed by atoms with van der Waals surface area (Å²) in [5.41, 5.74) is 3.91. The Bertz CT molecular complexity index is 1190. The molecule has 0 aliphatic carbocycles. The second-order valence-corrected chi connectivity index (χ2v) is 9.21. The van der Waals surface area contributed by atoms with Crippen LogP contribution in [0.1, 0.15) is 16.7 Å². The Morgan fingerprint density at radius 2 is 1.65 bits per heavy atom. The van der Waals surface area contributed by atoms with E-state index in [1.807, 2.05) is 39.0 Å². The summed E-state index contributed by atoms with van der Waals surface area (Å²) in [5, 5.41) is 2.80. The predicted octanol–water partition coefficient (Wildman–Crippen LogP) is 4.45. The fraction of sp³-hybridized carbons (Fsp3) is 0.208. The maximum Gasteiger partial charge on any atom is 0.264 e. The average Bonchev–Trinajstić information content (AvgIpc) is 2.75. The Morgan fingerprint density at radius 1 is 0.935 bits per heavy atom. The van der Waals surface area contributed by atoms with Crippen molar-refractivity contribution in [3.05, 3.63) is 83.4 Å². The SMILES string of the molecule is COc1ccc(C)cc1N(CC(=O)Nc1ccc(C)c(C)c1)S(=O)(=O)c1ccccc1. The van der Waals surface area contributed by atoms with Gasteiger partial charge in [-0.1, -0.05) is 30.3 Å². The number of rotatable bonds is 7. The van der Waals surface area contributed by atoms with Gasteiger partial charge in [-0.2, -0.15) is 0 Å². The molecule has 0 atom stereocenters. The van der Waals surface area contributed by atoms with Gasteiger partial charge in [-0.05, 0) is 73.9 Å². The van der Waals surface area contributed by atoms with Crippen LogP contribution in [0, 0.1) is 20.8 Å². The van der Waals surface area contributed by atoms with Gasteiger partial charge in [-0.15, -0.1) is 0 Å². The molecule has 162 valence electrons. The number of nitrogens with one attached hydrogen (secondary N) is 1. The lowest BCUT2D eigenvalue weighted by atomic mass is 10.1. The monoisotopic (exact) mass is 438 g/mol. The summed E-state index contributed by atoms with van der Waals surface area (Å²) in [6, 6.07) is 18.8. The molecule has 7 heteroatoms. The van der Waals surface area contributed by atoms with Gasteiger partial charge in [0, 0.05) is 5.69 Å². The normalized spacial score (nSPS) is 11.1. The van der Waals surface area contributed by atoms with Crippen molar-refractivity contribution in [3.63, 3.8) is 0 Å². The highest BCUT2D eigenvalue weighted by Gasteiger charge is 2.29. The van der Waals surface area contributed by atoms with Crippen LogP contribution in [0.2, 0.25) is 0 Å². The number of ether oxygens (including phenoxy) is 1. The van der Waals surface area contributed by atoms with Crippen LogP contribution in [0.25, 0.3) is 0 Å². The Labute approximate surface area is 183 Å². The number of amides is 1. The first-order valence-corrected chi connectivity index (χ1v) is 11.3. The van der Waals surface area contributed by atoms with E-state index in [1.54, 1.807) is 36.4 Å². The molecule has 0 heterocycles. The second-order valence-electron chi connectivity index (χ2n) is 7.35. The maximum atomic E-state index is 13.5. The number of carbonyl (C=O) groups excluding carboxylic acids is 1. The number of methoxy groups -OCH3 is 1. The van der Waals surface area contributed by atoms with E-state index in [0.717, 1.165) is 21.0 Å². The first-order valence-electron chi connectivity index (χ1n) is 9.82. The lowest BCUT2D eigenvalue weighted by Gasteiger charge is -2.26. The van der Waals surface area contributed by atoms with Crippen molar-refractivity contribution in [1.82, 2.24) is 0 Å². The summed E-state index contributed by atoms with van der Waals surface area (Å²) >= 11 is 0. The highest BCUT2D eigenvalue weighted by Crippen LogP contribution is 2.33. The number of sulfonamides is 1. The maximum absolute atomic E-state index is 13.5. The predicted molar refractivity (Wildman–Crippen MR) is 123 cm³/mol. The third-order valence-corrected chi connectivity index (χ3v) is 6.79. The fourth-order valence-corrected chi connectivity index (χ4v) is 4.61. The van der Waals surface area contributed by atoms with Crippen LogP contribution in [0.5, 0.6) is 5.75 Å². The Hall–Kier alpha value is -3.32. The molecule has 31 heavy (non-hydrogen) atoms. The number of hydrogen-bond donors (Lipinski definition) is 1. The summed E-state index contributed by atoms with van der Waals surface area (Å²) < 4.78 is 33.5. The van der Waals surface area contributed by atoms with Crippen molar-refractivity contribution < 1.29 is 17.9 Å². The molecule has 0 saturated carbocycles. The number of nitrogens with zero attached hydrogens (tertiary/aromatic N) is 1. The summed E-state index contributed by atoms with van der Waals surface area (Å²) in [5.74, 6) is -0.0876. The molecule has 0 aliphatic rings. The van der Waals surface area contributed by atoms with Gasteiger partial charge in [0.05, 0.1) is 17.7 Å². The van der Waals surface area contributed by atoms with Gasteiger partial charge in [0.25, 0.3) is 10.0 Å². The zero-order chi connectivity index (χ0) is 22.6. The smallest absolute Gasteiger partial charge is 0.264 e. The molecule has 6 nitrogen and oxygen atoms in total. The lowest BCUT2D eigenvalue weighted by Crippen LogP contribution is -2.38. The Morgan fingerprint density at radius 3 is 2.29 bits per heavy atom. The standard InChI is InChI=1S/C24H26N2O4S/c1-17-10-13-23(30-4)22(14-17)26(31(28,29)21-8-6-5-7-9-21)16-24(27)25-20-12-11-18(2)19(3)15-20/h5-15H,16H2,1-4H3,(H,25,27). The topological polar surface area (TPSA) is 75.7 Å². The van der Waals surface area contributed by atoms with Crippen LogP contribution >= 0.6 is 0 Å². The average molecular weight is 439 g/mol. The van der Waals surface area contributed by atoms with E-state index in [4.69, 9.17) is 4.74 Å². The molecule has 0 fully saturated rings. The summed E-state index contributed by atoms with van der Waals surface area (Å²) in [7, 11) is -2.54. The first-order chi connectivity index (χ1) is 14.7. The van der Waals surface area contributed by atoms with Crippen molar-refractivity contribution >= 4 is 27.3 Å². The minimum Gasteiger partial charge on any atom is -0.495 e. The summed E-state index contributed by atoms with van der Waals surface area (Å²) in [6.45, 7) is 5.39. The molecular weight excluding hydrogens is 412 g/mol. The summed E-state index contributed by atoms with van der Waals surface area (Å²) in [4.78, 5) is 13.0. The van der Waals surface area contributed by atoms with Gasteiger partial charge in [0.2, 0.25) is 5.91 Å². The van der Waals surface area contributed by atoms with Crippen molar-refractivity contribution in [2.24, 2.45) is 0 Å². The Kier molecular flexibility index (Phi) is 6.65. The van der Waals surface area contributed by atoms with E-state index < -0.39 is 22.5 Å². The van der Waals surface area contributed by atoms with Crippen molar-refractivity contribution in [3.8, 4) is 5.75 Å². The lowest BCUT2D eigenvalue weighted by molar-refractivity contribution is -0.114. The van der Waals surface area contributed by atoms with Crippen LogP contribution < -0.4 is 14.4 Å². The van der Waals surface area contributed by atoms with Gasteiger partial charge in [-0.25, -0.2) is 8.42 Å². The van der Waals surface area contributed by atoms with E-state index in [-0.39, 0.29) is 4.90 Å². The van der Waals surface area contributed by atoms with Crippen molar-refractivity contribution in [1.29, 1.82) is 0 Å². The molecule has 1 N–H and O–H groups in total. The number of hydrogen-bond acceptors (Lipinski definition) is 4. The molecule has 0 radical (unpaired) electrons. The zero-order valence-corrected chi connectivity index (χ0v) is 18.9. The van der Waals surface area contributed by atoms with Gasteiger partial charge in [0.15, 0.2) is 0 Å².